The van der Waals surface area contributed by atoms with E-state index in [9.17, 15) is 0 Å². The molecule has 0 rings (SSSR count). The molecule has 0 spiro atoms. The van der Waals surface area contributed by atoms with E-state index in [1.165, 1.54) is 11.8 Å². The molecular formula is C5H10OS. The first-order valence-corrected chi connectivity index (χ1v) is 3.23. The third kappa shape index (κ3) is 6.05. The monoisotopic (exact) mass is 118 g/mol. The molecule has 2 heteroatoms. The fourth-order valence-corrected chi connectivity index (χ4v) is 0.622. The van der Waals surface area contributed by atoms with Gasteiger partial charge in [0.05, 0.1) is 6.10 Å². The van der Waals surface area contributed by atoms with E-state index in [4.69, 9.17) is 5.11 Å². The van der Waals surface area contributed by atoms with E-state index in [1.54, 1.807) is 12.3 Å². The largest absolute Gasteiger partial charge is 0.393 e. The lowest BCUT2D eigenvalue weighted by Crippen LogP contribution is -2.00. The molecule has 0 aromatic carbocycles. The van der Waals surface area contributed by atoms with Crippen molar-refractivity contribution >= 4 is 11.8 Å². The minimum absolute atomic E-state index is 0.206. The van der Waals surface area contributed by atoms with Crippen LogP contribution in [0.2, 0.25) is 0 Å². The topological polar surface area (TPSA) is 20.2 Å². The summed E-state index contributed by atoms with van der Waals surface area (Å²) >= 11 is 1.53. The van der Waals surface area contributed by atoms with E-state index in [-0.39, 0.29) is 6.10 Å². The molecule has 0 aliphatic rings. The lowest BCUT2D eigenvalue weighted by molar-refractivity contribution is 0.220. The van der Waals surface area contributed by atoms with Crippen molar-refractivity contribution in [2.75, 3.05) is 5.75 Å². The number of aliphatic hydroxyl groups is 1. The Kier molecular flexibility index (Phi) is 4.25. The fourth-order valence-electron chi connectivity index (χ4n) is 0.207. The minimum atomic E-state index is -0.206. The highest BCUT2D eigenvalue weighted by atomic mass is 32.2. The molecular weight excluding hydrogens is 108 g/mol. The summed E-state index contributed by atoms with van der Waals surface area (Å²) in [6, 6.07) is 0. The normalized spacial score (nSPS) is 13.4. The molecule has 0 bridgehead atoms. The van der Waals surface area contributed by atoms with Crippen LogP contribution < -0.4 is 0 Å². The van der Waals surface area contributed by atoms with E-state index >= 15 is 0 Å². The van der Waals surface area contributed by atoms with Crippen LogP contribution in [0.25, 0.3) is 0 Å². The maximum Gasteiger partial charge on any atom is 0.0605 e. The number of rotatable bonds is 3. The quantitative estimate of drug-likeness (QED) is 0.601. The van der Waals surface area contributed by atoms with Gasteiger partial charge < -0.3 is 5.11 Å². The molecule has 7 heavy (non-hydrogen) atoms. The number of hydrogen-bond donors (Lipinski definition) is 1. The molecule has 0 aliphatic heterocycles. The first kappa shape index (κ1) is 7.05. The predicted molar refractivity (Wildman–Crippen MR) is 34.3 cm³/mol. The van der Waals surface area contributed by atoms with E-state index in [1.807, 2.05) is 0 Å². The Morgan fingerprint density at radius 2 is 2.57 bits per heavy atom. The lowest BCUT2D eigenvalue weighted by Gasteiger charge is -1.96. The summed E-state index contributed by atoms with van der Waals surface area (Å²) in [5.41, 5.74) is 0. The van der Waals surface area contributed by atoms with Crippen LogP contribution in [0.15, 0.2) is 12.0 Å². The zero-order chi connectivity index (χ0) is 5.70. The summed E-state index contributed by atoms with van der Waals surface area (Å²) in [6.07, 6.45) is -0.206. The summed E-state index contributed by atoms with van der Waals surface area (Å²) in [6.45, 7) is 5.24. The number of aliphatic hydroxyl groups excluding tert-OH is 1. The second-order valence-corrected chi connectivity index (χ2v) is 2.35. The molecule has 0 heterocycles. The molecule has 0 fully saturated rings. The molecule has 0 saturated heterocycles. The van der Waals surface area contributed by atoms with E-state index in [2.05, 4.69) is 6.58 Å². The van der Waals surface area contributed by atoms with Crippen molar-refractivity contribution in [2.45, 2.75) is 13.0 Å². The van der Waals surface area contributed by atoms with Gasteiger partial charge in [-0.15, -0.1) is 11.8 Å². The van der Waals surface area contributed by atoms with Crippen LogP contribution in [-0.4, -0.2) is 17.0 Å². The van der Waals surface area contributed by atoms with Crippen LogP contribution in [0, 0.1) is 0 Å². The Balaban J connectivity index is 2.81. The summed E-state index contributed by atoms with van der Waals surface area (Å²) in [5, 5.41) is 10.3. The fraction of sp³-hybridized carbons (Fsp3) is 0.600. The molecule has 0 aliphatic carbocycles. The first-order valence-electron chi connectivity index (χ1n) is 2.18. The zero-order valence-electron chi connectivity index (χ0n) is 4.42. The molecule has 1 N–H and O–H groups in total. The summed E-state index contributed by atoms with van der Waals surface area (Å²) in [7, 11) is 0. The van der Waals surface area contributed by atoms with Crippen LogP contribution in [-0.2, 0) is 0 Å². The highest BCUT2D eigenvalue weighted by molar-refractivity contribution is 8.02. The van der Waals surface area contributed by atoms with E-state index in [0.29, 0.717) is 0 Å². The molecule has 1 unspecified atom stereocenters. The van der Waals surface area contributed by atoms with Crippen molar-refractivity contribution in [1.82, 2.24) is 0 Å². The summed E-state index contributed by atoms with van der Waals surface area (Å²) in [4.78, 5) is 0. The molecule has 0 amide bonds. The van der Waals surface area contributed by atoms with Gasteiger partial charge in [-0.1, -0.05) is 6.58 Å². The Morgan fingerprint density at radius 1 is 2.00 bits per heavy atom. The number of thioether (sulfide) groups is 1. The molecule has 0 radical (unpaired) electrons. The van der Waals surface area contributed by atoms with Gasteiger partial charge in [-0.2, -0.15) is 0 Å². The van der Waals surface area contributed by atoms with E-state index in [0.717, 1.165) is 5.75 Å². The maximum atomic E-state index is 8.61. The van der Waals surface area contributed by atoms with Gasteiger partial charge in [0, 0.05) is 5.75 Å². The zero-order valence-corrected chi connectivity index (χ0v) is 5.24. The second-order valence-electron chi connectivity index (χ2n) is 1.35. The molecule has 1 nitrogen and oxygen atoms in total. The highest BCUT2D eigenvalue weighted by Gasteiger charge is 1.89. The smallest absolute Gasteiger partial charge is 0.0605 e. The van der Waals surface area contributed by atoms with E-state index < -0.39 is 0 Å². The highest BCUT2D eigenvalue weighted by Crippen LogP contribution is 2.00. The molecule has 1 atom stereocenters. The number of hydrogen-bond acceptors (Lipinski definition) is 2. The van der Waals surface area contributed by atoms with Gasteiger partial charge in [0.2, 0.25) is 0 Å². The van der Waals surface area contributed by atoms with Gasteiger partial charge in [0.15, 0.2) is 0 Å². The molecule has 0 saturated carbocycles. The van der Waals surface area contributed by atoms with Crippen LogP contribution in [0.4, 0.5) is 0 Å². The summed E-state index contributed by atoms with van der Waals surface area (Å²) in [5.74, 6) is 0.753. The molecule has 0 aromatic rings. The van der Waals surface area contributed by atoms with Gasteiger partial charge in [0.1, 0.15) is 0 Å². The van der Waals surface area contributed by atoms with Crippen molar-refractivity contribution in [3.05, 3.63) is 12.0 Å². The van der Waals surface area contributed by atoms with Crippen molar-refractivity contribution in [3.8, 4) is 0 Å². The average molecular weight is 118 g/mol. The van der Waals surface area contributed by atoms with Crippen LogP contribution >= 0.6 is 11.8 Å². The second kappa shape index (κ2) is 4.22. The maximum absolute atomic E-state index is 8.61. The van der Waals surface area contributed by atoms with Crippen molar-refractivity contribution in [3.63, 3.8) is 0 Å². The van der Waals surface area contributed by atoms with Crippen molar-refractivity contribution in [1.29, 1.82) is 0 Å². The molecule has 0 aromatic heterocycles. The Hall–Kier alpha value is 0.0500. The standard InChI is InChI=1S/C5H10OS/c1-3-7-4-5(2)6/h3,5-6H,1,4H2,2H3. The van der Waals surface area contributed by atoms with Crippen LogP contribution in [0.1, 0.15) is 6.92 Å². The van der Waals surface area contributed by atoms with Crippen molar-refractivity contribution < 1.29 is 5.11 Å². The average Bonchev–Trinajstić information content (AvgIpc) is 1.61. The predicted octanol–water partition coefficient (Wildman–Crippen LogP) is 1.24. The Labute approximate surface area is 48.4 Å². The van der Waals surface area contributed by atoms with Crippen LogP contribution in [0.3, 0.4) is 0 Å². The SMILES string of the molecule is C=CSCC(C)O. The van der Waals surface area contributed by atoms with Gasteiger partial charge in [-0.05, 0) is 12.3 Å². The Morgan fingerprint density at radius 3 is 2.71 bits per heavy atom. The Bertz CT molecular complexity index is 52.0. The van der Waals surface area contributed by atoms with Gasteiger partial charge in [-0.25, -0.2) is 0 Å². The third-order valence-corrected chi connectivity index (χ3v) is 1.37. The lowest BCUT2D eigenvalue weighted by atomic mass is 10.5. The van der Waals surface area contributed by atoms with Gasteiger partial charge in [0.25, 0.3) is 0 Å². The third-order valence-electron chi connectivity index (χ3n) is 0.455. The van der Waals surface area contributed by atoms with Crippen molar-refractivity contribution in [2.24, 2.45) is 0 Å². The molecule has 42 valence electrons. The minimum Gasteiger partial charge on any atom is -0.393 e. The van der Waals surface area contributed by atoms with Gasteiger partial charge in [-0.3, -0.25) is 0 Å². The first-order chi connectivity index (χ1) is 3.27. The van der Waals surface area contributed by atoms with Crippen LogP contribution in [0.5, 0.6) is 0 Å². The summed E-state index contributed by atoms with van der Waals surface area (Å²) < 4.78 is 0. The van der Waals surface area contributed by atoms with Gasteiger partial charge >= 0.3 is 0 Å².